The number of anilines is 1. The van der Waals surface area contributed by atoms with E-state index in [0.29, 0.717) is 29.3 Å². The molecule has 0 aromatic heterocycles. The molecular formula is C17H16FNO3. The molecule has 0 atom stereocenters. The number of hydrogen-bond donors (Lipinski definition) is 0. The molecule has 22 heavy (non-hydrogen) atoms. The molecule has 0 bridgehead atoms. The summed E-state index contributed by atoms with van der Waals surface area (Å²) in [5.74, 6) is 0.596. The van der Waals surface area contributed by atoms with Gasteiger partial charge in [-0.3, -0.25) is 4.79 Å². The standard InChI is InChI=1S/C17H16FNO3/c1-11-6-7-13(8-14(11)18)19-9-12-4-3-5-15(21-2)17(12)22-10-16(19)20/h3-8H,9-10H2,1-2H3. The van der Waals surface area contributed by atoms with E-state index in [0.717, 1.165) is 5.56 Å². The van der Waals surface area contributed by atoms with Crippen molar-refractivity contribution in [2.45, 2.75) is 13.5 Å². The first-order chi connectivity index (χ1) is 10.6. The monoisotopic (exact) mass is 301 g/mol. The van der Waals surface area contributed by atoms with Crippen LogP contribution in [-0.4, -0.2) is 19.6 Å². The number of fused-ring (bicyclic) bond motifs is 1. The van der Waals surface area contributed by atoms with Gasteiger partial charge in [0.05, 0.1) is 13.7 Å². The Balaban J connectivity index is 2.01. The molecular weight excluding hydrogens is 285 g/mol. The van der Waals surface area contributed by atoms with E-state index in [9.17, 15) is 9.18 Å². The van der Waals surface area contributed by atoms with Gasteiger partial charge in [0.1, 0.15) is 5.82 Å². The molecule has 0 aliphatic carbocycles. The highest BCUT2D eigenvalue weighted by Gasteiger charge is 2.25. The van der Waals surface area contributed by atoms with Crippen molar-refractivity contribution >= 4 is 11.6 Å². The number of hydrogen-bond acceptors (Lipinski definition) is 3. The van der Waals surface area contributed by atoms with Gasteiger partial charge in [0, 0.05) is 11.3 Å². The topological polar surface area (TPSA) is 38.8 Å². The number of nitrogens with zero attached hydrogens (tertiary/aromatic N) is 1. The van der Waals surface area contributed by atoms with Crippen LogP contribution in [0.5, 0.6) is 11.5 Å². The lowest BCUT2D eigenvalue weighted by Crippen LogP contribution is -2.32. The van der Waals surface area contributed by atoms with Crippen LogP contribution in [0.2, 0.25) is 0 Å². The van der Waals surface area contributed by atoms with Gasteiger partial charge in [-0.2, -0.15) is 0 Å². The van der Waals surface area contributed by atoms with Crippen molar-refractivity contribution in [3.8, 4) is 11.5 Å². The quantitative estimate of drug-likeness (QED) is 0.855. The minimum Gasteiger partial charge on any atom is -0.493 e. The summed E-state index contributed by atoms with van der Waals surface area (Å²) in [5.41, 5.74) is 1.89. The maximum atomic E-state index is 13.8. The van der Waals surface area contributed by atoms with Crippen molar-refractivity contribution < 1.29 is 18.7 Å². The highest BCUT2D eigenvalue weighted by molar-refractivity contribution is 5.95. The fourth-order valence-electron chi connectivity index (χ4n) is 2.47. The van der Waals surface area contributed by atoms with Gasteiger partial charge in [-0.15, -0.1) is 0 Å². The molecule has 0 radical (unpaired) electrons. The van der Waals surface area contributed by atoms with Gasteiger partial charge in [-0.05, 0) is 30.7 Å². The van der Waals surface area contributed by atoms with Crippen molar-refractivity contribution in [3.63, 3.8) is 0 Å². The predicted octanol–water partition coefficient (Wildman–Crippen LogP) is 3.07. The third kappa shape index (κ3) is 2.50. The van der Waals surface area contributed by atoms with E-state index in [4.69, 9.17) is 9.47 Å². The maximum Gasteiger partial charge on any atom is 0.265 e. The van der Waals surface area contributed by atoms with Crippen molar-refractivity contribution in [1.29, 1.82) is 0 Å². The largest absolute Gasteiger partial charge is 0.493 e. The molecule has 0 spiro atoms. The van der Waals surface area contributed by atoms with Crippen molar-refractivity contribution in [1.82, 2.24) is 0 Å². The number of carbonyl (C=O) groups is 1. The number of halogens is 1. The van der Waals surface area contributed by atoms with Gasteiger partial charge in [0.25, 0.3) is 5.91 Å². The second kappa shape index (κ2) is 5.67. The van der Waals surface area contributed by atoms with Crippen LogP contribution in [0.15, 0.2) is 36.4 Å². The molecule has 2 aromatic rings. The summed E-state index contributed by atoms with van der Waals surface area (Å²) in [6.45, 7) is 1.89. The first-order valence-electron chi connectivity index (χ1n) is 6.95. The SMILES string of the molecule is COc1cccc2c1OCC(=O)N(c1ccc(C)c(F)c1)C2. The molecule has 0 N–H and O–H groups in total. The number of aryl methyl sites for hydroxylation is 1. The third-order valence-electron chi connectivity index (χ3n) is 3.72. The number of benzene rings is 2. The molecule has 2 aromatic carbocycles. The lowest BCUT2D eigenvalue weighted by molar-refractivity contribution is -0.120. The van der Waals surface area contributed by atoms with Crippen LogP contribution in [0.3, 0.4) is 0 Å². The molecule has 5 heteroatoms. The Bertz CT molecular complexity index is 730. The van der Waals surface area contributed by atoms with Crippen LogP contribution in [0, 0.1) is 12.7 Å². The summed E-state index contributed by atoms with van der Waals surface area (Å²) in [7, 11) is 1.55. The summed E-state index contributed by atoms with van der Waals surface area (Å²) in [4.78, 5) is 13.8. The van der Waals surface area contributed by atoms with E-state index in [2.05, 4.69) is 0 Å². The van der Waals surface area contributed by atoms with Crippen molar-refractivity contribution in [3.05, 3.63) is 53.3 Å². The third-order valence-corrected chi connectivity index (χ3v) is 3.72. The predicted molar refractivity (Wildman–Crippen MR) is 80.8 cm³/mol. The van der Waals surface area contributed by atoms with E-state index in [1.54, 1.807) is 32.2 Å². The van der Waals surface area contributed by atoms with Crippen LogP contribution in [0.25, 0.3) is 0 Å². The molecule has 0 saturated heterocycles. The molecule has 4 nitrogen and oxygen atoms in total. The van der Waals surface area contributed by atoms with E-state index in [-0.39, 0.29) is 18.3 Å². The van der Waals surface area contributed by atoms with Crippen LogP contribution in [0.4, 0.5) is 10.1 Å². The molecule has 0 saturated carbocycles. The maximum absolute atomic E-state index is 13.8. The highest BCUT2D eigenvalue weighted by Crippen LogP contribution is 2.35. The van der Waals surface area contributed by atoms with E-state index < -0.39 is 0 Å². The first-order valence-corrected chi connectivity index (χ1v) is 6.95. The Morgan fingerprint density at radius 3 is 2.82 bits per heavy atom. The smallest absolute Gasteiger partial charge is 0.265 e. The molecule has 0 fully saturated rings. The van der Waals surface area contributed by atoms with Gasteiger partial charge in [-0.1, -0.05) is 18.2 Å². The Morgan fingerprint density at radius 2 is 2.09 bits per heavy atom. The highest BCUT2D eigenvalue weighted by atomic mass is 19.1. The van der Waals surface area contributed by atoms with E-state index in [1.807, 2.05) is 12.1 Å². The van der Waals surface area contributed by atoms with Crippen LogP contribution < -0.4 is 14.4 Å². The zero-order chi connectivity index (χ0) is 15.7. The minimum atomic E-state index is -0.332. The molecule has 0 unspecified atom stereocenters. The Labute approximate surface area is 128 Å². The molecule has 1 aliphatic heterocycles. The Morgan fingerprint density at radius 1 is 1.27 bits per heavy atom. The molecule has 1 aliphatic rings. The van der Waals surface area contributed by atoms with Crippen LogP contribution in [-0.2, 0) is 11.3 Å². The van der Waals surface area contributed by atoms with Crippen LogP contribution in [0.1, 0.15) is 11.1 Å². The number of amides is 1. The summed E-state index contributed by atoms with van der Waals surface area (Å²) >= 11 is 0. The fraction of sp³-hybridized carbons (Fsp3) is 0.235. The summed E-state index contributed by atoms with van der Waals surface area (Å²) in [6.07, 6.45) is 0. The molecule has 3 rings (SSSR count). The molecule has 1 amide bonds. The summed E-state index contributed by atoms with van der Waals surface area (Å²) in [5, 5.41) is 0. The zero-order valence-electron chi connectivity index (χ0n) is 12.4. The summed E-state index contributed by atoms with van der Waals surface area (Å²) < 4.78 is 24.6. The van der Waals surface area contributed by atoms with Gasteiger partial charge in [0.15, 0.2) is 18.1 Å². The fourth-order valence-corrected chi connectivity index (χ4v) is 2.47. The first kappa shape index (κ1) is 14.4. The van der Waals surface area contributed by atoms with E-state index >= 15 is 0 Å². The lowest BCUT2D eigenvalue weighted by atomic mass is 10.1. The second-order valence-corrected chi connectivity index (χ2v) is 5.15. The number of rotatable bonds is 2. The van der Waals surface area contributed by atoms with Crippen molar-refractivity contribution in [2.75, 3.05) is 18.6 Å². The average molecular weight is 301 g/mol. The second-order valence-electron chi connectivity index (χ2n) is 5.15. The number of ether oxygens (including phenoxy) is 2. The Kier molecular flexibility index (Phi) is 3.71. The average Bonchev–Trinajstić information content (AvgIpc) is 2.69. The lowest BCUT2D eigenvalue weighted by Gasteiger charge is -2.20. The van der Waals surface area contributed by atoms with Crippen molar-refractivity contribution in [2.24, 2.45) is 0 Å². The number of methoxy groups -OCH3 is 1. The summed E-state index contributed by atoms with van der Waals surface area (Å²) in [6, 6.07) is 10.3. The van der Waals surface area contributed by atoms with Gasteiger partial charge < -0.3 is 14.4 Å². The normalized spacial score (nSPS) is 14.1. The molecule has 1 heterocycles. The van der Waals surface area contributed by atoms with Gasteiger partial charge >= 0.3 is 0 Å². The Hall–Kier alpha value is -2.56. The van der Waals surface area contributed by atoms with Gasteiger partial charge in [-0.25, -0.2) is 4.39 Å². The number of carbonyl (C=O) groups excluding carboxylic acids is 1. The number of para-hydroxylation sites is 1. The van der Waals surface area contributed by atoms with Gasteiger partial charge in [0.2, 0.25) is 0 Å². The van der Waals surface area contributed by atoms with Crippen LogP contribution >= 0.6 is 0 Å². The minimum absolute atomic E-state index is 0.108. The zero-order valence-corrected chi connectivity index (χ0v) is 12.4. The molecule has 114 valence electrons. The van der Waals surface area contributed by atoms with E-state index in [1.165, 1.54) is 11.0 Å².